The van der Waals surface area contributed by atoms with Crippen LogP contribution in [-0.4, -0.2) is 13.3 Å². The Labute approximate surface area is 85.1 Å². The Morgan fingerprint density at radius 1 is 1.45 bits per heavy atom. The van der Waals surface area contributed by atoms with Crippen molar-refractivity contribution in [2.45, 2.75) is 4.90 Å². The molecule has 0 radical (unpaired) electrons. The maximum absolute atomic E-state index is 3.15. The van der Waals surface area contributed by atoms with Gasteiger partial charge in [-0.05, 0) is 47.0 Å². The van der Waals surface area contributed by atoms with E-state index in [1.807, 2.05) is 7.05 Å². The van der Waals surface area contributed by atoms with Crippen molar-refractivity contribution in [1.29, 1.82) is 0 Å². The van der Waals surface area contributed by atoms with Gasteiger partial charge in [0.05, 0.1) is 0 Å². The second kappa shape index (κ2) is 4.21. The number of thioether (sulfide) groups is 1. The summed E-state index contributed by atoms with van der Waals surface area (Å²) in [6.45, 7) is 0. The Morgan fingerprint density at radius 2 is 2.18 bits per heavy atom. The third-order valence-corrected chi connectivity index (χ3v) is 2.88. The molecule has 0 aromatic heterocycles. The first-order valence-electron chi connectivity index (χ1n) is 3.29. The summed E-state index contributed by atoms with van der Waals surface area (Å²) in [7, 11) is 1.95. The fourth-order valence-electron chi connectivity index (χ4n) is 0.872. The molecule has 0 saturated carbocycles. The van der Waals surface area contributed by atoms with Crippen molar-refractivity contribution < 1.29 is 0 Å². The van der Waals surface area contributed by atoms with Crippen LogP contribution in [0.4, 0.5) is 5.69 Å². The van der Waals surface area contributed by atoms with E-state index in [4.69, 9.17) is 0 Å². The van der Waals surface area contributed by atoms with Gasteiger partial charge in [-0.1, -0.05) is 0 Å². The Balaban J connectivity index is 3.06. The van der Waals surface area contributed by atoms with Crippen molar-refractivity contribution in [3.8, 4) is 0 Å². The van der Waals surface area contributed by atoms with Crippen molar-refractivity contribution in [3.05, 3.63) is 21.8 Å². The molecular weight excluding hydrogens is 269 g/mol. The molecule has 0 amide bonds. The molecule has 1 rings (SSSR count). The molecular formula is C8H10INS. The molecule has 0 atom stereocenters. The summed E-state index contributed by atoms with van der Waals surface area (Å²) in [5.41, 5.74) is 1.21. The van der Waals surface area contributed by atoms with E-state index < -0.39 is 0 Å². The summed E-state index contributed by atoms with van der Waals surface area (Å²) in [4.78, 5) is 1.31. The molecule has 0 bridgehead atoms. The van der Waals surface area contributed by atoms with E-state index in [9.17, 15) is 0 Å². The Morgan fingerprint density at radius 3 is 2.73 bits per heavy atom. The van der Waals surface area contributed by atoms with E-state index in [0.717, 1.165) is 0 Å². The van der Waals surface area contributed by atoms with Crippen LogP contribution in [0, 0.1) is 3.57 Å². The highest BCUT2D eigenvalue weighted by Crippen LogP contribution is 2.26. The normalized spacial score (nSPS) is 9.73. The molecule has 60 valence electrons. The molecule has 1 aromatic carbocycles. The number of anilines is 1. The number of hydrogen-bond acceptors (Lipinski definition) is 2. The Bertz CT molecular complexity index is 250. The van der Waals surface area contributed by atoms with Crippen molar-refractivity contribution in [2.24, 2.45) is 0 Å². The van der Waals surface area contributed by atoms with Gasteiger partial charge in [-0.3, -0.25) is 0 Å². The lowest BCUT2D eigenvalue weighted by Gasteiger charge is -2.05. The van der Waals surface area contributed by atoms with Gasteiger partial charge in [-0.25, -0.2) is 0 Å². The third kappa shape index (κ3) is 2.27. The molecule has 0 spiro atoms. The van der Waals surface area contributed by atoms with Crippen LogP contribution in [-0.2, 0) is 0 Å². The summed E-state index contributed by atoms with van der Waals surface area (Å²) in [5.74, 6) is 0. The van der Waals surface area contributed by atoms with E-state index in [1.54, 1.807) is 11.8 Å². The lowest BCUT2D eigenvalue weighted by Crippen LogP contribution is -1.90. The second-order valence-electron chi connectivity index (χ2n) is 2.09. The quantitative estimate of drug-likeness (QED) is 0.659. The maximum Gasteiger partial charge on any atom is 0.0476 e. The Kier molecular flexibility index (Phi) is 3.51. The molecule has 0 heterocycles. The summed E-state index contributed by atoms with van der Waals surface area (Å²) in [6, 6.07) is 6.39. The monoisotopic (exact) mass is 279 g/mol. The zero-order chi connectivity index (χ0) is 8.27. The third-order valence-electron chi connectivity index (χ3n) is 1.43. The first-order valence-corrected chi connectivity index (χ1v) is 5.59. The van der Waals surface area contributed by atoms with Crippen molar-refractivity contribution in [3.63, 3.8) is 0 Å². The highest BCUT2D eigenvalue weighted by Gasteiger charge is 1.98. The molecule has 1 nitrogen and oxygen atoms in total. The van der Waals surface area contributed by atoms with Crippen LogP contribution in [0.3, 0.4) is 0 Å². The highest BCUT2D eigenvalue weighted by atomic mass is 127. The van der Waals surface area contributed by atoms with Crippen molar-refractivity contribution in [1.82, 2.24) is 0 Å². The van der Waals surface area contributed by atoms with Gasteiger partial charge in [0.2, 0.25) is 0 Å². The minimum Gasteiger partial charge on any atom is -0.387 e. The van der Waals surface area contributed by atoms with Gasteiger partial charge in [-0.2, -0.15) is 0 Å². The summed E-state index contributed by atoms with van der Waals surface area (Å²) >= 11 is 4.09. The first kappa shape index (κ1) is 9.19. The van der Waals surface area contributed by atoms with Crippen LogP contribution in [0.15, 0.2) is 23.1 Å². The van der Waals surface area contributed by atoms with E-state index in [0.29, 0.717) is 0 Å². The second-order valence-corrected chi connectivity index (χ2v) is 4.19. The van der Waals surface area contributed by atoms with Crippen molar-refractivity contribution >= 4 is 40.0 Å². The minimum absolute atomic E-state index is 1.21. The van der Waals surface area contributed by atoms with Gasteiger partial charge in [0.1, 0.15) is 0 Å². The summed E-state index contributed by atoms with van der Waals surface area (Å²) in [6.07, 6.45) is 2.09. The van der Waals surface area contributed by atoms with Gasteiger partial charge in [0.15, 0.2) is 0 Å². The molecule has 0 fully saturated rings. The predicted molar refractivity (Wildman–Crippen MR) is 60.5 cm³/mol. The fraction of sp³-hybridized carbons (Fsp3) is 0.250. The molecule has 1 N–H and O–H groups in total. The molecule has 1 aromatic rings. The predicted octanol–water partition coefficient (Wildman–Crippen LogP) is 3.05. The molecule has 0 aliphatic heterocycles. The zero-order valence-corrected chi connectivity index (χ0v) is 9.49. The van der Waals surface area contributed by atoms with E-state index in [1.165, 1.54) is 14.2 Å². The largest absolute Gasteiger partial charge is 0.387 e. The van der Waals surface area contributed by atoms with E-state index >= 15 is 0 Å². The van der Waals surface area contributed by atoms with Crippen molar-refractivity contribution in [2.75, 3.05) is 18.6 Å². The fourth-order valence-corrected chi connectivity index (χ4v) is 2.21. The zero-order valence-electron chi connectivity index (χ0n) is 6.52. The van der Waals surface area contributed by atoms with Gasteiger partial charge in [0, 0.05) is 21.2 Å². The lowest BCUT2D eigenvalue weighted by molar-refractivity contribution is 1.37. The molecule has 0 aliphatic carbocycles. The smallest absolute Gasteiger partial charge is 0.0476 e. The van der Waals surface area contributed by atoms with Crippen LogP contribution in [0.25, 0.3) is 0 Å². The number of hydrogen-bond donors (Lipinski definition) is 1. The van der Waals surface area contributed by atoms with E-state index in [2.05, 4.69) is 52.4 Å². The SMILES string of the molecule is CNc1ccc(I)cc1SC. The van der Waals surface area contributed by atoms with Crippen LogP contribution in [0.5, 0.6) is 0 Å². The van der Waals surface area contributed by atoms with Gasteiger partial charge in [-0.15, -0.1) is 11.8 Å². The molecule has 0 aliphatic rings. The lowest BCUT2D eigenvalue weighted by atomic mass is 10.3. The first-order chi connectivity index (χ1) is 5.27. The van der Waals surface area contributed by atoms with Gasteiger partial charge < -0.3 is 5.32 Å². The van der Waals surface area contributed by atoms with Crippen LogP contribution in [0.2, 0.25) is 0 Å². The number of benzene rings is 1. The standard InChI is InChI=1S/C8H10INS/c1-10-7-4-3-6(9)5-8(7)11-2/h3-5,10H,1-2H3. The average molecular weight is 279 g/mol. The number of nitrogens with one attached hydrogen (secondary N) is 1. The highest BCUT2D eigenvalue weighted by molar-refractivity contribution is 14.1. The number of rotatable bonds is 2. The van der Waals surface area contributed by atoms with E-state index in [-0.39, 0.29) is 0 Å². The number of halogens is 1. The molecule has 0 unspecified atom stereocenters. The average Bonchev–Trinajstić information content (AvgIpc) is 2.04. The molecule has 3 heteroatoms. The molecule has 11 heavy (non-hydrogen) atoms. The molecule has 0 saturated heterocycles. The van der Waals surface area contributed by atoms with Crippen LogP contribution >= 0.6 is 34.4 Å². The van der Waals surface area contributed by atoms with Crippen LogP contribution in [0.1, 0.15) is 0 Å². The summed E-state index contributed by atoms with van der Waals surface area (Å²) < 4.78 is 1.28. The van der Waals surface area contributed by atoms with Gasteiger partial charge >= 0.3 is 0 Å². The van der Waals surface area contributed by atoms with Gasteiger partial charge in [0.25, 0.3) is 0 Å². The minimum atomic E-state index is 1.21. The topological polar surface area (TPSA) is 12.0 Å². The maximum atomic E-state index is 3.15. The van der Waals surface area contributed by atoms with Crippen LogP contribution < -0.4 is 5.32 Å². The summed E-state index contributed by atoms with van der Waals surface area (Å²) in [5, 5.41) is 3.15. The Hall–Kier alpha value is 0.1000.